The van der Waals surface area contributed by atoms with Crippen molar-refractivity contribution in [1.29, 1.82) is 0 Å². The zero-order chi connectivity index (χ0) is 15.2. The molecule has 22 heavy (non-hydrogen) atoms. The van der Waals surface area contributed by atoms with Crippen LogP contribution < -0.4 is 0 Å². The molecule has 3 saturated carbocycles. The topological polar surface area (TPSA) is 0 Å². The summed E-state index contributed by atoms with van der Waals surface area (Å²) < 4.78 is 0. The van der Waals surface area contributed by atoms with Gasteiger partial charge in [-0.05, 0) is 68.3 Å². The van der Waals surface area contributed by atoms with Crippen LogP contribution in [0.1, 0.15) is 96.8 Å². The monoisotopic (exact) mass is 320 g/mol. The smallest absolute Gasteiger partial charge is 0.0141 e. The molecule has 3 fully saturated rings. The highest BCUT2D eigenvalue weighted by molar-refractivity contribution is 7.60. The molecule has 3 rings (SSSR count). The first kappa shape index (κ1) is 17.0. The minimum Gasteiger partial charge on any atom is -0.0966 e. The summed E-state index contributed by atoms with van der Waals surface area (Å²) in [7, 11) is 0.283. The van der Waals surface area contributed by atoms with Gasteiger partial charge in [-0.3, -0.25) is 0 Å². The van der Waals surface area contributed by atoms with Crippen LogP contribution >= 0.6 is 7.92 Å². The Morgan fingerprint density at radius 3 is 1.68 bits per heavy atom. The largest absolute Gasteiger partial charge is 0.0966 e. The molecular weight excluding hydrogens is 283 g/mol. The molecule has 0 aromatic carbocycles. The third kappa shape index (κ3) is 4.17. The molecule has 0 amide bonds. The van der Waals surface area contributed by atoms with E-state index in [4.69, 9.17) is 0 Å². The van der Waals surface area contributed by atoms with Crippen LogP contribution in [0.3, 0.4) is 0 Å². The third-order valence-electron chi connectivity index (χ3n) is 6.60. The van der Waals surface area contributed by atoms with Crippen LogP contribution in [0.5, 0.6) is 0 Å². The second-order valence-electron chi connectivity index (χ2n) is 8.07. The Balaban J connectivity index is 1.78. The molecule has 1 heteroatoms. The average Bonchev–Trinajstić information content (AvgIpc) is 2.59. The Kier molecular flexibility index (Phi) is 6.85. The van der Waals surface area contributed by atoms with Gasteiger partial charge >= 0.3 is 0 Å². The van der Waals surface area contributed by atoms with Crippen molar-refractivity contribution >= 4 is 7.92 Å². The van der Waals surface area contributed by atoms with Gasteiger partial charge in [0.1, 0.15) is 0 Å². The van der Waals surface area contributed by atoms with Gasteiger partial charge in [0.05, 0.1) is 0 Å². The molecule has 126 valence electrons. The fourth-order valence-corrected chi connectivity index (χ4v) is 10.4. The van der Waals surface area contributed by atoms with Crippen LogP contribution in [-0.4, -0.2) is 17.0 Å². The molecule has 0 nitrogen and oxygen atoms in total. The van der Waals surface area contributed by atoms with Crippen molar-refractivity contribution in [2.45, 2.75) is 114 Å². The molecule has 0 heterocycles. The molecule has 0 aromatic heterocycles. The Hall–Kier alpha value is 0.170. The van der Waals surface area contributed by atoms with Crippen LogP contribution in [-0.2, 0) is 0 Å². The highest BCUT2D eigenvalue weighted by Crippen LogP contribution is 2.63. The van der Waals surface area contributed by atoms with Crippen molar-refractivity contribution in [3.63, 3.8) is 0 Å². The van der Waals surface area contributed by atoms with Gasteiger partial charge in [0.2, 0.25) is 0 Å². The second-order valence-corrected chi connectivity index (χ2v) is 11.1. The lowest BCUT2D eigenvalue weighted by Crippen LogP contribution is -2.32. The summed E-state index contributed by atoms with van der Waals surface area (Å²) in [6.45, 7) is 2.25. The fraction of sp³-hybridized carbons (Fsp3) is 0.905. The lowest BCUT2D eigenvalue weighted by Gasteiger charge is -2.47. The van der Waals surface area contributed by atoms with E-state index in [2.05, 4.69) is 19.1 Å². The van der Waals surface area contributed by atoms with Gasteiger partial charge in [0, 0.05) is 0 Å². The average molecular weight is 321 g/mol. The van der Waals surface area contributed by atoms with Gasteiger partial charge in [-0.25, -0.2) is 0 Å². The van der Waals surface area contributed by atoms with E-state index in [1.165, 1.54) is 57.8 Å². The van der Waals surface area contributed by atoms with E-state index in [0.29, 0.717) is 0 Å². The summed E-state index contributed by atoms with van der Waals surface area (Å²) in [5.74, 6) is 0.939. The Bertz CT molecular complexity index is 318. The maximum absolute atomic E-state index is 2.60. The summed E-state index contributed by atoms with van der Waals surface area (Å²) in [6, 6.07) is 0. The predicted molar refractivity (Wildman–Crippen MR) is 101 cm³/mol. The van der Waals surface area contributed by atoms with Gasteiger partial charge < -0.3 is 0 Å². The summed E-state index contributed by atoms with van der Waals surface area (Å²) in [5, 5.41) is 0. The lowest BCUT2D eigenvalue weighted by molar-refractivity contribution is 0.410. The zero-order valence-corrected chi connectivity index (χ0v) is 15.7. The van der Waals surface area contributed by atoms with Crippen LogP contribution in [0.25, 0.3) is 0 Å². The van der Waals surface area contributed by atoms with Gasteiger partial charge in [-0.15, -0.1) is 0 Å². The normalized spacial score (nSPS) is 32.8. The first-order valence-corrected chi connectivity index (χ1v) is 11.9. The summed E-state index contributed by atoms with van der Waals surface area (Å²) >= 11 is 0. The lowest BCUT2D eigenvalue weighted by atomic mass is 9.88. The van der Waals surface area contributed by atoms with Gasteiger partial charge in [-0.1, -0.05) is 71.4 Å². The van der Waals surface area contributed by atoms with E-state index in [1.807, 2.05) is 0 Å². The van der Waals surface area contributed by atoms with Crippen molar-refractivity contribution in [3.8, 4) is 0 Å². The van der Waals surface area contributed by atoms with Crippen LogP contribution in [0.4, 0.5) is 0 Å². The third-order valence-corrected chi connectivity index (χ3v) is 10.7. The predicted octanol–water partition coefficient (Wildman–Crippen LogP) is 7.27. The van der Waals surface area contributed by atoms with Crippen molar-refractivity contribution in [1.82, 2.24) is 0 Å². The molecule has 0 aromatic rings. The van der Waals surface area contributed by atoms with Crippen LogP contribution in [0, 0.1) is 5.92 Å². The van der Waals surface area contributed by atoms with Gasteiger partial charge in [0.15, 0.2) is 0 Å². The quantitative estimate of drug-likeness (QED) is 0.377. The van der Waals surface area contributed by atoms with E-state index in [0.717, 1.165) is 22.9 Å². The Morgan fingerprint density at radius 2 is 1.14 bits per heavy atom. The fourth-order valence-electron chi connectivity index (χ4n) is 5.58. The molecule has 0 spiro atoms. The molecule has 0 bridgehead atoms. The minimum absolute atomic E-state index is 0.283. The first-order chi connectivity index (χ1) is 10.9. The van der Waals surface area contributed by atoms with E-state index >= 15 is 0 Å². The number of hydrogen-bond acceptors (Lipinski definition) is 0. The summed E-state index contributed by atoms with van der Waals surface area (Å²) in [5.41, 5.74) is 3.37. The molecular formula is C21H37P. The number of allylic oxidation sites excluding steroid dienone is 2. The standard InChI is InChI=1S/C21H37P/c1-2-11-18-12-9-10-17-21(18)22(19-13-5-3-6-14-19)20-15-7-4-8-16-20/h2,11,18-21H,3-10,12-17H2,1H3/b11-2+. The molecule has 0 radical (unpaired) electrons. The van der Waals surface area contributed by atoms with Crippen molar-refractivity contribution in [3.05, 3.63) is 12.2 Å². The molecule has 0 aliphatic heterocycles. The maximum atomic E-state index is 2.60. The van der Waals surface area contributed by atoms with E-state index in [1.54, 1.807) is 32.1 Å². The molecule has 3 aliphatic rings. The van der Waals surface area contributed by atoms with Crippen molar-refractivity contribution in [2.75, 3.05) is 0 Å². The molecule has 2 unspecified atom stereocenters. The zero-order valence-electron chi connectivity index (χ0n) is 14.8. The molecule has 0 N–H and O–H groups in total. The van der Waals surface area contributed by atoms with Crippen LogP contribution in [0.2, 0.25) is 0 Å². The van der Waals surface area contributed by atoms with E-state index < -0.39 is 0 Å². The highest BCUT2D eigenvalue weighted by Gasteiger charge is 2.39. The van der Waals surface area contributed by atoms with Gasteiger partial charge in [-0.2, -0.15) is 0 Å². The summed E-state index contributed by atoms with van der Waals surface area (Å²) in [4.78, 5) is 0. The number of hydrogen-bond donors (Lipinski definition) is 0. The maximum Gasteiger partial charge on any atom is -0.0141 e. The van der Waals surface area contributed by atoms with E-state index in [-0.39, 0.29) is 7.92 Å². The minimum atomic E-state index is 0.283. The molecule has 0 saturated heterocycles. The summed E-state index contributed by atoms with van der Waals surface area (Å²) in [6.07, 6.45) is 26.6. The number of rotatable bonds is 4. The molecule has 2 atom stereocenters. The second kappa shape index (κ2) is 8.86. The van der Waals surface area contributed by atoms with Crippen molar-refractivity contribution in [2.24, 2.45) is 5.92 Å². The Labute approximate surface area is 140 Å². The highest BCUT2D eigenvalue weighted by atomic mass is 31.1. The van der Waals surface area contributed by atoms with Crippen molar-refractivity contribution < 1.29 is 0 Å². The first-order valence-electron chi connectivity index (χ1n) is 10.3. The van der Waals surface area contributed by atoms with Gasteiger partial charge in [0.25, 0.3) is 0 Å². The van der Waals surface area contributed by atoms with Crippen LogP contribution in [0.15, 0.2) is 12.2 Å². The SMILES string of the molecule is C/C=C/C1CCCCC1P(C1CCCCC1)C1CCCCC1. The van der Waals surface area contributed by atoms with E-state index in [9.17, 15) is 0 Å². The molecule has 3 aliphatic carbocycles. The Morgan fingerprint density at radius 1 is 0.636 bits per heavy atom.